The number of likely N-dealkylation sites (tertiary alicyclic amines) is 1. The van der Waals surface area contributed by atoms with E-state index in [1.165, 1.54) is 32.7 Å². The fraction of sp³-hybridized carbons (Fsp3) is 0.490. The summed E-state index contributed by atoms with van der Waals surface area (Å²) in [7, 11) is -2.68. The number of hydrogen-bond donors (Lipinski definition) is 6. The number of halogens is 2. The van der Waals surface area contributed by atoms with Crippen molar-refractivity contribution >= 4 is 73.6 Å². The summed E-state index contributed by atoms with van der Waals surface area (Å²) in [5, 5.41) is 28.0. The lowest BCUT2D eigenvalue weighted by molar-refractivity contribution is -0.143. The van der Waals surface area contributed by atoms with Crippen LogP contribution in [0.4, 0.5) is 36.7 Å². The fourth-order valence-corrected chi connectivity index (χ4v) is 10.1. The van der Waals surface area contributed by atoms with E-state index in [1.807, 2.05) is 18.7 Å². The van der Waals surface area contributed by atoms with E-state index in [1.54, 1.807) is 53.7 Å². The Kier molecular flexibility index (Phi) is 17.0. The van der Waals surface area contributed by atoms with Crippen molar-refractivity contribution in [3.8, 4) is 5.75 Å². The minimum atomic E-state index is -3.88. The molecule has 0 spiro atoms. The highest BCUT2D eigenvalue weighted by atomic mass is 32.2. The first-order valence-electron chi connectivity index (χ1n) is 25.0. The number of rotatable bonds is 17. The van der Waals surface area contributed by atoms with Crippen molar-refractivity contribution in [3.63, 3.8) is 0 Å². The van der Waals surface area contributed by atoms with E-state index in [9.17, 15) is 46.3 Å². The number of carbonyl (C=O) groups is 5. The molecule has 23 nitrogen and oxygen atoms in total. The van der Waals surface area contributed by atoms with Crippen LogP contribution in [0.3, 0.4) is 0 Å². The summed E-state index contributed by atoms with van der Waals surface area (Å²) in [5.74, 6) is -3.57. The molecule has 6 N–H and O–H groups in total. The average molecular weight is 1090 g/mol. The van der Waals surface area contributed by atoms with Crippen LogP contribution in [-0.4, -0.2) is 170 Å². The molecule has 4 atom stereocenters. The molecule has 2 saturated heterocycles. The molecular weight excluding hydrogens is 1020 g/mol. The van der Waals surface area contributed by atoms with Gasteiger partial charge in [0.2, 0.25) is 17.7 Å². The third kappa shape index (κ3) is 12.8. The van der Waals surface area contributed by atoms with Crippen LogP contribution in [0.1, 0.15) is 83.1 Å². The minimum absolute atomic E-state index is 0.0322. The number of amides is 5. The number of likely N-dealkylation sites (N-methyl/N-ethyl adjacent to an activating group) is 1. The highest BCUT2D eigenvalue weighted by molar-refractivity contribution is 7.92. The van der Waals surface area contributed by atoms with E-state index in [4.69, 9.17) is 4.74 Å². The Morgan fingerprint density at radius 3 is 2.23 bits per heavy atom. The normalized spacial score (nSPS) is 17.1. The molecule has 26 heteroatoms. The zero-order valence-corrected chi connectivity index (χ0v) is 45.5. The highest BCUT2D eigenvalue weighted by Gasteiger charge is 2.46. The Bertz CT molecular complexity index is 3120. The minimum Gasteiger partial charge on any atom is -0.492 e. The van der Waals surface area contributed by atoms with E-state index >= 15 is 0 Å². The van der Waals surface area contributed by atoms with Gasteiger partial charge in [0.15, 0.2) is 15.7 Å². The molecule has 3 aromatic heterocycles. The number of fused-ring (bicyclic) bond motifs is 1. The van der Waals surface area contributed by atoms with Crippen molar-refractivity contribution in [2.45, 2.75) is 109 Å². The van der Waals surface area contributed by atoms with Gasteiger partial charge in [0.1, 0.15) is 69.7 Å². The number of carboxylic acid groups (broad SMARTS) is 1. The summed E-state index contributed by atoms with van der Waals surface area (Å²) < 4.78 is 62.4. The number of para-hydroxylation sites is 1. The first kappa shape index (κ1) is 57.1. The van der Waals surface area contributed by atoms with Gasteiger partial charge in [0.05, 0.1) is 29.3 Å². The smallest absolute Gasteiger partial charge is 0.407 e. The lowest BCUT2D eigenvalue weighted by Crippen LogP contribution is -2.59. The largest absolute Gasteiger partial charge is 0.492 e. The van der Waals surface area contributed by atoms with Gasteiger partial charge in [-0.3, -0.25) is 34.1 Å². The molecule has 0 aliphatic carbocycles. The van der Waals surface area contributed by atoms with E-state index in [-0.39, 0.29) is 35.9 Å². The summed E-state index contributed by atoms with van der Waals surface area (Å²) >= 11 is 0. The number of aromatic nitrogens is 6. The summed E-state index contributed by atoms with van der Waals surface area (Å²) in [4.78, 5) is 90.7. The number of hydrogen-bond acceptors (Lipinski definition) is 16. The number of piperazine rings is 1. The topological polar surface area (TPSA) is 290 Å². The molecule has 0 saturated carbocycles. The van der Waals surface area contributed by atoms with Crippen molar-refractivity contribution < 1.29 is 51.0 Å². The SMILES string of the molecule is Cc1[nH]nc(Nc2ncnc3cc(OCCCN4CCN(c5cnc(C(=O)N[C@H]6C[C@@H](C(=O)Nc7c(F)cccc7F)N(C(=O)C(NC(=O)C(C)N(C)C(=O)O)C(C)(C)C)C6)cn5)CC4)c(S(=O)(=O)C(C)(C)C)cc23)c1C. The third-order valence-corrected chi connectivity index (χ3v) is 16.3. The monoisotopic (exact) mass is 1090 g/mol. The summed E-state index contributed by atoms with van der Waals surface area (Å²) in [5.41, 5.74) is 0.492. The highest BCUT2D eigenvalue weighted by Crippen LogP contribution is 2.38. The van der Waals surface area contributed by atoms with Gasteiger partial charge in [-0.1, -0.05) is 26.8 Å². The van der Waals surface area contributed by atoms with Crippen LogP contribution >= 0.6 is 0 Å². The van der Waals surface area contributed by atoms with Crippen LogP contribution in [0.25, 0.3) is 10.9 Å². The van der Waals surface area contributed by atoms with E-state index < -0.39 is 91.2 Å². The van der Waals surface area contributed by atoms with Gasteiger partial charge in [-0.2, -0.15) is 5.10 Å². The summed E-state index contributed by atoms with van der Waals surface area (Å²) in [6.45, 7) is 18.2. The Labute approximate surface area is 444 Å². The molecule has 2 aliphatic rings. The fourth-order valence-electron chi connectivity index (χ4n) is 8.74. The molecule has 414 valence electrons. The number of H-pyrrole nitrogens is 1. The van der Waals surface area contributed by atoms with Crippen molar-refractivity contribution in [1.82, 2.24) is 55.5 Å². The molecular formula is C51H66F2N14O9S. The van der Waals surface area contributed by atoms with E-state index in [0.29, 0.717) is 67.5 Å². The molecule has 0 radical (unpaired) electrons. The first-order chi connectivity index (χ1) is 36.2. The quantitative estimate of drug-likeness (QED) is 0.0681. The average Bonchev–Trinajstić information content (AvgIpc) is 3.97. The molecule has 5 amide bonds. The van der Waals surface area contributed by atoms with Gasteiger partial charge in [-0.05, 0) is 78.0 Å². The Morgan fingerprint density at radius 2 is 1.64 bits per heavy atom. The summed E-state index contributed by atoms with van der Waals surface area (Å²) in [6, 6.07) is 1.46. The molecule has 77 heavy (non-hydrogen) atoms. The predicted molar refractivity (Wildman–Crippen MR) is 282 cm³/mol. The maximum atomic E-state index is 14.7. The van der Waals surface area contributed by atoms with Crippen LogP contribution in [-0.2, 0) is 24.2 Å². The number of ether oxygens (including phenoxy) is 1. The lowest BCUT2D eigenvalue weighted by atomic mass is 9.85. The summed E-state index contributed by atoms with van der Waals surface area (Å²) in [6.07, 6.45) is 3.20. The molecule has 5 aromatic rings. The second-order valence-corrected chi connectivity index (χ2v) is 23.9. The molecule has 0 bridgehead atoms. The lowest BCUT2D eigenvalue weighted by Gasteiger charge is -2.36. The van der Waals surface area contributed by atoms with Crippen molar-refractivity contribution in [2.24, 2.45) is 5.41 Å². The molecule has 2 aliphatic heterocycles. The molecule has 2 fully saturated rings. The van der Waals surface area contributed by atoms with Crippen LogP contribution in [0.2, 0.25) is 0 Å². The van der Waals surface area contributed by atoms with Crippen LogP contribution in [0, 0.1) is 30.9 Å². The van der Waals surface area contributed by atoms with Gasteiger partial charge in [-0.15, -0.1) is 0 Å². The number of aryl methyl sites for hydroxylation is 1. The Morgan fingerprint density at radius 1 is 0.948 bits per heavy atom. The van der Waals surface area contributed by atoms with Gasteiger partial charge in [0, 0.05) is 75.1 Å². The standard InChI is InChI=1S/C51H66F2N14O9S/c1-28-29(2)62-63-43(28)61-44-32-22-39(77(74,75)51(7,8)9)38(23-35(32)56-27-57-44)76-20-12-15-65-16-18-66(19-17-65)40-25-54-36(24-55-40)46(69)58-31-21-37(47(70)59-41-33(52)13-11-14-34(41)53)67(26-31)48(71)42(50(4,5)6)60-45(68)30(3)64(10)49(72)73/h11,13-14,22-25,27,30-31,37,42H,12,15-21,26H2,1-10H3,(H,58,69)(H,59,70)(H,60,68)(H,72,73)(H2,56,57,61,62,63)/t30?,31-,37-,42?/m0/s1. The second-order valence-electron chi connectivity index (χ2n) is 21.3. The Hall–Kier alpha value is -7.61. The van der Waals surface area contributed by atoms with Crippen molar-refractivity contribution in [2.75, 3.05) is 68.5 Å². The van der Waals surface area contributed by atoms with Gasteiger partial charge in [-0.25, -0.2) is 41.9 Å². The van der Waals surface area contributed by atoms with Crippen molar-refractivity contribution in [3.05, 3.63) is 77.6 Å². The third-order valence-electron chi connectivity index (χ3n) is 13.8. The predicted octanol–water partition coefficient (Wildman–Crippen LogP) is 4.81. The number of anilines is 4. The van der Waals surface area contributed by atoms with Gasteiger partial charge < -0.3 is 40.9 Å². The molecule has 7 rings (SSSR count). The van der Waals surface area contributed by atoms with Crippen molar-refractivity contribution in [1.29, 1.82) is 0 Å². The zero-order valence-electron chi connectivity index (χ0n) is 44.7. The number of sulfone groups is 1. The number of nitrogens with zero attached hydrogens (tertiary/aromatic N) is 9. The van der Waals surface area contributed by atoms with E-state index in [2.05, 4.69) is 56.3 Å². The van der Waals surface area contributed by atoms with Crippen LogP contribution in [0.15, 0.2) is 53.9 Å². The maximum absolute atomic E-state index is 14.7. The number of carbonyl (C=O) groups excluding carboxylic acids is 4. The van der Waals surface area contributed by atoms with E-state index in [0.717, 1.165) is 39.3 Å². The Balaban J connectivity index is 0.962. The van der Waals surface area contributed by atoms with Gasteiger partial charge in [0.25, 0.3) is 5.91 Å². The zero-order chi connectivity index (χ0) is 56.3. The maximum Gasteiger partial charge on any atom is 0.407 e. The van der Waals surface area contributed by atoms with Crippen LogP contribution in [0.5, 0.6) is 5.75 Å². The second kappa shape index (κ2) is 22.9. The molecule has 2 aromatic carbocycles. The van der Waals surface area contributed by atoms with Gasteiger partial charge >= 0.3 is 6.09 Å². The molecule has 2 unspecified atom stereocenters. The van der Waals surface area contributed by atoms with Crippen LogP contribution < -0.4 is 30.9 Å². The number of aromatic amines is 1. The number of nitrogens with one attached hydrogen (secondary N) is 5. The molecule has 5 heterocycles. The first-order valence-corrected chi connectivity index (χ1v) is 26.5. The number of benzene rings is 2.